The van der Waals surface area contributed by atoms with E-state index in [9.17, 15) is 9.59 Å². The first-order valence-corrected chi connectivity index (χ1v) is 8.58. The van der Waals surface area contributed by atoms with Gasteiger partial charge in [-0.05, 0) is 42.9 Å². The molecule has 2 amide bonds. The third-order valence-corrected chi connectivity index (χ3v) is 5.06. The van der Waals surface area contributed by atoms with Gasteiger partial charge in [0.15, 0.2) is 0 Å². The molecule has 2 fully saturated rings. The van der Waals surface area contributed by atoms with Crippen LogP contribution in [0.2, 0.25) is 0 Å². The number of hydrogen-bond donors (Lipinski definition) is 3. The van der Waals surface area contributed by atoms with Gasteiger partial charge in [0.1, 0.15) is 0 Å². The molecule has 3 rings (SSSR count). The van der Waals surface area contributed by atoms with Gasteiger partial charge in [-0.2, -0.15) is 0 Å². The SMILES string of the molecule is O=C(NCc1cccc(C(=O)O)c1)NC(C1CCC1)C1CCOC1. The minimum absolute atomic E-state index is 0.173. The standard InChI is InChI=1S/C18H24N2O4/c21-17(22)14-6-1-3-12(9-14)10-19-18(23)20-16(13-4-2-5-13)15-7-8-24-11-15/h1,3,6,9,13,15-16H,2,4-5,7-8,10-11H2,(H,21,22)(H2,19,20,23). The van der Waals surface area contributed by atoms with Crippen molar-refractivity contribution in [2.45, 2.75) is 38.3 Å². The highest BCUT2D eigenvalue weighted by atomic mass is 16.5. The molecule has 2 aliphatic rings. The van der Waals surface area contributed by atoms with Crippen LogP contribution in [0.5, 0.6) is 0 Å². The van der Waals surface area contributed by atoms with Crippen LogP contribution >= 0.6 is 0 Å². The summed E-state index contributed by atoms with van der Waals surface area (Å²) in [4.78, 5) is 23.3. The lowest BCUT2D eigenvalue weighted by molar-refractivity contribution is 0.0696. The molecule has 130 valence electrons. The lowest BCUT2D eigenvalue weighted by Gasteiger charge is -2.37. The van der Waals surface area contributed by atoms with Gasteiger partial charge in [-0.1, -0.05) is 18.6 Å². The zero-order valence-electron chi connectivity index (χ0n) is 13.7. The molecule has 1 saturated carbocycles. The zero-order valence-corrected chi connectivity index (χ0v) is 13.7. The van der Waals surface area contributed by atoms with Crippen molar-refractivity contribution in [2.75, 3.05) is 13.2 Å². The minimum Gasteiger partial charge on any atom is -0.478 e. The lowest BCUT2D eigenvalue weighted by atomic mass is 9.74. The van der Waals surface area contributed by atoms with E-state index in [0.717, 1.165) is 25.2 Å². The second-order valence-electron chi connectivity index (χ2n) is 6.67. The lowest BCUT2D eigenvalue weighted by Crippen LogP contribution is -2.51. The van der Waals surface area contributed by atoms with Crippen LogP contribution in [0.3, 0.4) is 0 Å². The first-order valence-electron chi connectivity index (χ1n) is 8.58. The smallest absolute Gasteiger partial charge is 0.335 e. The molecule has 1 aromatic rings. The van der Waals surface area contributed by atoms with E-state index in [1.54, 1.807) is 24.3 Å². The fourth-order valence-corrected chi connectivity index (χ4v) is 3.45. The quantitative estimate of drug-likeness (QED) is 0.746. The second kappa shape index (κ2) is 7.66. The Morgan fingerprint density at radius 2 is 2.08 bits per heavy atom. The highest BCUT2D eigenvalue weighted by molar-refractivity contribution is 5.87. The van der Waals surface area contributed by atoms with Crippen molar-refractivity contribution in [3.63, 3.8) is 0 Å². The highest BCUT2D eigenvalue weighted by Crippen LogP contribution is 2.35. The molecule has 6 nitrogen and oxygen atoms in total. The van der Waals surface area contributed by atoms with Gasteiger partial charge in [0.2, 0.25) is 0 Å². The number of nitrogens with one attached hydrogen (secondary N) is 2. The largest absolute Gasteiger partial charge is 0.478 e. The monoisotopic (exact) mass is 332 g/mol. The summed E-state index contributed by atoms with van der Waals surface area (Å²) in [6.45, 7) is 1.81. The average Bonchev–Trinajstić information content (AvgIpc) is 3.05. The molecular formula is C18H24N2O4. The van der Waals surface area contributed by atoms with Crippen molar-refractivity contribution in [3.8, 4) is 0 Å². The fraction of sp³-hybridized carbons (Fsp3) is 0.556. The average molecular weight is 332 g/mol. The van der Waals surface area contributed by atoms with Gasteiger partial charge in [-0.3, -0.25) is 0 Å². The van der Waals surface area contributed by atoms with Crippen LogP contribution in [0.25, 0.3) is 0 Å². The van der Waals surface area contributed by atoms with E-state index in [-0.39, 0.29) is 17.6 Å². The van der Waals surface area contributed by atoms with Crippen molar-refractivity contribution in [2.24, 2.45) is 11.8 Å². The van der Waals surface area contributed by atoms with Crippen molar-refractivity contribution < 1.29 is 19.4 Å². The van der Waals surface area contributed by atoms with Crippen molar-refractivity contribution >= 4 is 12.0 Å². The van der Waals surface area contributed by atoms with Crippen LogP contribution in [0.15, 0.2) is 24.3 Å². The molecule has 1 aliphatic heterocycles. The Labute approximate surface area is 141 Å². The number of carboxylic acid groups (broad SMARTS) is 1. The number of hydrogen-bond acceptors (Lipinski definition) is 3. The van der Waals surface area contributed by atoms with Crippen LogP contribution in [0.1, 0.15) is 41.6 Å². The molecule has 24 heavy (non-hydrogen) atoms. The summed E-state index contributed by atoms with van der Waals surface area (Å²) in [5.74, 6) is -0.0123. The van der Waals surface area contributed by atoms with Gasteiger partial charge in [0.25, 0.3) is 0 Å². The van der Waals surface area contributed by atoms with Gasteiger partial charge in [0, 0.05) is 25.1 Å². The third kappa shape index (κ3) is 4.06. The maximum absolute atomic E-state index is 12.3. The molecule has 0 bridgehead atoms. The Kier molecular flexibility index (Phi) is 5.35. The number of carbonyl (C=O) groups is 2. The van der Waals surface area contributed by atoms with Crippen LogP contribution in [-0.2, 0) is 11.3 Å². The van der Waals surface area contributed by atoms with Gasteiger partial charge < -0.3 is 20.5 Å². The second-order valence-corrected chi connectivity index (χ2v) is 6.67. The maximum Gasteiger partial charge on any atom is 0.335 e. The minimum atomic E-state index is -0.965. The van der Waals surface area contributed by atoms with E-state index in [4.69, 9.17) is 9.84 Å². The van der Waals surface area contributed by atoms with Gasteiger partial charge in [-0.15, -0.1) is 0 Å². The van der Waals surface area contributed by atoms with Gasteiger partial charge >= 0.3 is 12.0 Å². The number of rotatable bonds is 6. The van der Waals surface area contributed by atoms with Crippen LogP contribution < -0.4 is 10.6 Å². The van der Waals surface area contributed by atoms with E-state index in [1.165, 1.54) is 19.3 Å². The van der Waals surface area contributed by atoms with E-state index in [0.29, 0.717) is 18.4 Å². The number of ether oxygens (including phenoxy) is 1. The Bertz CT molecular complexity index is 594. The van der Waals surface area contributed by atoms with Crippen LogP contribution in [0, 0.1) is 11.8 Å². The van der Waals surface area contributed by atoms with E-state index in [1.807, 2.05) is 0 Å². The normalized spacial score (nSPS) is 21.8. The molecule has 0 aromatic heterocycles. The molecule has 6 heteroatoms. The summed E-state index contributed by atoms with van der Waals surface area (Å²) in [7, 11) is 0. The van der Waals surface area contributed by atoms with Crippen LogP contribution in [0.4, 0.5) is 4.79 Å². The Morgan fingerprint density at radius 3 is 2.71 bits per heavy atom. The molecule has 0 radical (unpaired) electrons. The zero-order chi connectivity index (χ0) is 16.9. The van der Waals surface area contributed by atoms with Crippen molar-refractivity contribution in [3.05, 3.63) is 35.4 Å². The summed E-state index contributed by atoms with van der Waals surface area (Å²) in [5, 5.41) is 15.0. The topological polar surface area (TPSA) is 87.7 Å². The van der Waals surface area contributed by atoms with Crippen molar-refractivity contribution in [1.82, 2.24) is 10.6 Å². The summed E-state index contributed by atoms with van der Waals surface area (Å²) < 4.78 is 5.48. The summed E-state index contributed by atoms with van der Waals surface area (Å²) in [5.41, 5.74) is 1.000. The summed E-state index contributed by atoms with van der Waals surface area (Å²) in [6.07, 6.45) is 4.58. The predicted octanol–water partition coefficient (Wildman–Crippen LogP) is 2.39. The van der Waals surface area contributed by atoms with Crippen LogP contribution in [-0.4, -0.2) is 36.4 Å². The number of benzene rings is 1. The molecular weight excluding hydrogens is 308 g/mol. The fourth-order valence-electron chi connectivity index (χ4n) is 3.45. The number of aromatic carboxylic acids is 1. The number of urea groups is 1. The molecule has 3 N–H and O–H groups in total. The predicted molar refractivity (Wildman–Crippen MR) is 88.8 cm³/mol. The summed E-state index contributed by atoms with van der Waals surface area (Å²) >= 11 is 0. The first-order chi connectivity index (χ1) is 11.6. The van der Waals surface area contributed by atoms with E-state index in [2.05, 4.69) is 10.6 Å². The Balaban J connectivity index is 1.53. The summed E-state index contributed by atoms with van der Waals surface area (Å²) in [6, 6.07) is 6.59. The molecule has 1 aromatic carbocycles. The van der Waals surface area contributed by atoms with Crippen molar-refractivity contribution in [1.29, 1.82) is 0 Å². The highest BCUT2D eigenvalue weighted by Gasteiger charge is 2.36. The maximum atomic E-state index is 12.3. The molecule has 1 saturated heterocycles. The molecule has 2 atom stereocenters. The number of amides is 2. The first kappa shape index (κ1) is 16.8. The Morgan fingerprint density at radius 1 is 1.25 bits per heavy atom. The molecule has 1 heterocycles. The van der Waals surface area contributed by atoms with Gasteiger partial charge in [0.05, 0.1) is 12.2 Å². The molecule has 1 aliphatic carbocycles. The van der Waals surface area contributed by atoms with Gasteiger partial charge in [-0.25, -0.2) is 9.59 Å². The number of carboxylic acids is 1. The third-order valence-electron chi connectivity index (χ3n) is 5.06. The molecule has 2 unspecified atom stereocenters. The van der Waals surface area contributed by atoms with E-state index >= 15 is 0 Å². The molecule has 0 spiro atoms. The number of carbonyl (C=O) groups excluding carboxylic acids is 1. The Hall–Kier alpha value is -2.08. The van der Waals surface area contributed by atoms with E-state index < -0.39 is 5.97 Å².